The lowest BCUT2D eigenvalue weighted by Crippen LogP contribution is -2.49. The molecule has 20 heavy (non-hydrogen) atoms. The Bertz CT molecular complexity index is 419. The van der Waals surface area contributed by atoms with Gasteiger partial charge in [0.25, 0.3) is 0 Å². The summed E-state index contributed by atoms with van der Waals surface area (Å²) in [5.41, 5.74) is 0. The van der Waals surface area contributed by atoms with Gasteiger partial charge in [0.1, 0.15) is 6.04 Å². The highest BCUT2D eigenvalue weighted by atomic mass is 16.4. The molecule has 2 amide bonds. The number of aliphatic carboxylic acids is 1. The Balaban J connectivity index is 2.67. The Morgan fingerprint density at radius 3 is 2.35 bits per heavy atom. The number of rotatable bonds is 5. The molecule has 1 aliphatic rings. The van der Waals surface area contributed by atoms with Gasteiger partial charge in [0.15, 0.2) is 0 Å². The normalized spacial score (nSPS) is 22.9. The zero-order valence-electron chi connectivity index (χ0n) is 12.1. The van der Waals surface area contributed by atoms with Crippen LogP contribution in [0.5, 0.6) is 0 Å². The van der Waals surface area contributed by atoms with E-state index < -0.39 is 23.8 Å². The van der Waals surface area contributed by atoms with Crippen LogP contribution in [0.25, 0.3) is 0 Å². The minimum atomic E-state index is -0.973. The molecule has 1 unspecified atom stereocenters. The summed E-state index contributed by atoms with van der Waals surface area (Å²) < 4.78 is 0. The Hall–Kier alpha value is -1.85. The molecule has 6 nitrogen and oxygen atoms in total. The van der Waals surface area contributed by atoms with Crippen molar-refractivity contribution < 1.29 is 19.5 Å². The number of likely N-dealkylation sites (N-methyl/N-ethyl adjacent to an activating group) is 1. The van der Waals surface area contributed by atoms with Gasteiger partial charge >= 0.3 is 5.97 Å². The molecule has 0 aromatic rings. The fraction of sp³-hybridized carbons (Fsp3) is 0.643. The SMILES string of the molecule is CCN(C)C(=O)C(C)NC(=O)[C@@H]1CC=CC[C@@H]1C(=O)O. The van der Waals surface area contributed by atoms with E-state index in [1.165, 1.54) is 4.90 Å². The number of allylic oxidation sites excluding steroid dienone is 2. The third-order valence-electron chi connectivity index (χ3n) is 3.67. The fourth-order valence-corrected chi connectivity index (χ4v) is 2.25. The number of amides is 2. The van der Waals surface area contributed by atoms with Crippen molar-refractivity contribution >= 4 is 17.8 Å². The number of nitrogens with zero attached hydrogens (tertiary/aromatic N) is 1. The van der Waals surface area contributed by atoms with Gasteiger partial charge in [-0.2, -0.15) is 0 Å². The van der Waals surface area contributed by atoms with Crippen LogP contribution in [0.4, 0.5) is 0 Å². The van der Waals surface area contributed by atoms with Crippen LogP contribution in [0.2, 0.25) is 0 Å². The van der Waals surface area contributed by atoms with E-state index in [4.69, 9.17) is 5.11 Å². The molecule has 1 rings (SSSR count). The molecular formula is C14H22N2O4. The Labute approximate surface area is 118 Å². The second kappa shape index (κ2) is 7.07. The Kier molecular flexibility index (Phi) is 5.73. The minimum Gasteiger partial charge on any atom is -0.481 e. The number of nitrogens with one attached hydrogen (secondary N) is 1. The number of hydrogen-bond acceptors (Lipinski definition) is 3. The maximum atomic E-state index is 12.2. The average Bonchev–Trinajstić information content (AvgIpc) is 2.45. The highest BCUT2D eigenvalue weighted by Gasteiger charge is 2.35. The first-order valence-electron chi connectivity index (χ1n) is 6.81. The molecule has 0 fully saturated rings. The van der Waals surface area contributed by atoms with Crippen LogP contribution < -0.4 is 5.32 Å². The summed E-state index contributed by atoms with van der Waals surface area (Å²) >= 11 is 0. The number of carbonyl (C=O) groups excluding carboxylic acids is 2. The predicted molar refractivity (Wildman–Crippen MR) is 73.9 cm³/mol. The Morgan fingerprint density at radius 2 is 1.85 bits per heavy atom. The molecule has 0 aromatic heterocycles. The van der Waals surface area contributed by atoms with Gasteiger partial charge in [0.05, 0.1) is 11.8 Å². The van der Waals surface area contributed by atoms with Crippen molar-refractivity contribution in [2.75, 3.05) is 13.6 Å². The molecule has 0 spiro atoms. The third kappa shape index (κ3) is 3.82. The highest BCUT2D eigenvalue weighted by molar-refractivity contribution is 5.90. The fourth-order valence-electron chi connectivity index (χ4n) is 2.25. The van der Waals surface area contributed by atoms with Crippen LogP contribution in [0.1, 0.15) is 26.7 Å². The zero-order chi connectivity index (χ0) is 15.3. The second-order valence-electron chi connectivity index (χ2n) is 5.08. The summed E-state index contributed by atoms with van der Waals surface area (Å²) in [5.74, 6) is -2.85. The molecule has 0 radical (unpaired) electrons. The smallest absolute Gasteiger partial charge is 0.307 e. The summed E-state index contributed by atoms with van der Waals surface area (Å²) in [6.45, 7) is 4.02. The maximum Gasteiger partial charge on any atom is 0.307 e. The summed E-state index contributed by atoms with van der Waals surface area (Å²) in [4.78, 5) is 36.7. The average molecular weight is 282 g/mol. The predicted octanol–water partition coefficient (Wildman–Crippen LogP) is 0.636. The molecule has 112 valence electrons. The van der Waals surface area contributed by atoms with Crippen LogP contribution in [0, 0.1) is 11.8 Å². The van der Waals surface area contributed by atoms with Gasteiger partial charge < -0.3 is 15.3 Å². The summed E-state index contributed by atoms with van der Waals surface area (Å²) in [7, 11) is 1.66. The monoisotopic (exact) mass is 282 g/mol. The molecule has 2 N–H and O–H groups in total. The molecule has 0 aliphatic heterocycles. The first-order valence-corrected chi connectivity index (χ1v) is 6.81. The van der Waals surface area contributed by atoms with Gasteiger partial charge in [-0.05, 0) is 26.7 Å². The van der Waals surface area contributed by atoms with Crippen LogP contribution in [-0.4, -0.2) is 47.4 Å². The van der Waals surface area contributed by atoms with Gasteiger partial charge in [0.2, 0.25) is 11.8 Å². The van der Waals surface area contributed by atoms with E-state index in [2.05, 4.69) is 5.32 Å². The van der Waals surface area contributed by atoms with Gasteiger partial charge in [0, 0.05) is 13.6 Å². The lowest BCUT2D eigenvalue weighted by atomic mass is 9.82. The number of carboxylic acids is 1. The van der Waals surface area contributed by atoms with Gasteiger partial charge in [-0.25, -0.2) is 0 Å². The zero-order valence-corrected chi connectivity index (χ0v) is 12.1. The first kappa shape index (κ1) is 16.2. The maximum absolute atomic E-state index is 12.2. The van der Waals surface area contributed by atoms with Crippen LogP contribution >= 0.6 is 0 Å². The Morgan fingerprint density at radius 1 is 1.30 bits per heavy atom. The second-order valence-corrected chi connectivity index (χ2v) is 5.08. The van der Waals surface area contributed by atoms with E-state index in [1.807, 2.05) is 13.0 Å². The van der Waals surface area contributed by atoms with Crippen LogP contribution in [0.3, 0.4) is 0 Å². The van der Waals surface area contributed by atoms with Crippen molar-refractivity contribution in [3.8, 4) is 0 Å². The van der Waals surface area contributed by atoms with Crippen molar-refractivity contribution in [3.63, 3.8) is 0 Å². The van der Waals surface area contributed by atoms with Crippen molar-refractivity contribution in [1.82, 2.24) is 10.2 Å². The number of carboxylic acid groups (broad SMARTS) is 1. The van der Waals surface area contributed by atoms with E-state index in [-0.39, 0.29) is 11.8 Å². The van der Waals surface area contributed by atoms with E-state index in [0.717, 1.165) is 0 Å². The third-order valence-corrected chi connectivity index (χ3v) is 3.67. The molecule has 0 heterocycles. The van der Waals surface area contributed by atoms with Gasteiger partial charge in [-0.1, -0.05) is 12.2 Å². The summed E-state index contributed by atoms with van der Waals surface area (Å²) in [6.07, 6.45) is 4.34. The lowest BCUT2D eigenvalue weighted by Gasteiger charge is -2.27. The topological polar surface area (TPSA) is 86.7 Å². The lowest BCUT2D eigenvalue weighted by molar-refractivity contribution is -0.147. The summed E-state index contributed by atoms with van der Waals surface area (Å²) in [6, 6.07) is -0.646. The van der Waals surface area contributed by atoms with Crippen molar-refractivity contribution in [3.05, 3.63) is 12.2 Å². The van der Waals surface area contributed by atoms with E-state index >= 15 is 0 Å². The van der Waals surface area contributed by atoms with Gasteiger partial charge in [-0.3, -0.25) is 14.4 Å². The highest BCUT2D eigenvalue weighted by Crippen LogP contribution is 2.26. The molecule has 0 saturated heterocycles. The van der Waals surface area contributed by atoms with E-state index in [9.17, 15) is 14.4 Å². The van der Waals surface area contributed by atoms with Crippen molar-refractivity contribution in [2.24, 2.45) is 11.8 Å². The quantitative estimate of drug-likeness (QED) is 0.724. The molecule has 1 aliphatic carbocycles. The minimum absolute atomic E-state index is 0.181. The largest absolute Gasteiger partial charge is 0.481 e. The molecular weight excluding hydrogens is 260 g/mol. The van der Waals surface area contributed by atoms with E-state index in [1.54, 1.807) is 20.0 Å². The standard InChI is InChI=1S/C14H22N2O4/c1-4-16(3)13(18)9(2)15-12(17)10-7-5-6-8-11(10)14(19)20/h5-6,9-11H,4,7-8H2,1-3H3,(H,15,17)(H,19,20)/t9?,10-,11+/m1/s1. The molecule has 0 bridgehead atoms. The number of hydrogen-bond donors (Lipinski definition) is 2. The molecule has 0 saturated carbocycles. The van der Waals surface area contributed by atoms with Crippen molar-refractivity contribution in [1.29, 1.82) is 0 Å². The molecule has 6 heteroatoms. The first-order chi connectivity index (χ1) is 9.38. The van der Waals surface area contributed by atoms with E-state index in [0.29, 0.717) is 19.4 Å². The van der Waals surface area contributed by atoms with Crippen LogP contribution in [0.15, 0.2) is 12.2 Å². The van der Waals surface area contributed by atoms with Gasteiger partial charge in [-0.15, -0.1) is 0 Å². The molecule has 0 aromatic carbocycles. The van der Waals surface area contributed by atoms with Crippen LogP contribution in [-0.2, 0) is 14.4 Å². The molecule has 3 atom stereocenters. The summed E-state index contributed by atoms with van der Waals surface area (Å²) in [5, 5.41) is 11.8. The number of carbonyl (C=O) groups is 3. The van der Waals surface area contributed by atoms with Crippen molar-refractivity contribution in [2.45, 2.75) is 32.7 Å².